The van der Waals surface area contributed by atoms with Gasteiger partial charge in [0.2, 0.25) is 0 Å². The molecule has 2 nitrogen and oxygen atoms in total. The van der Waals surface area contributed by atoms with Gasteiger partial charge < -0.3 is 10.5 Å². The van der Waals surface area contributed by atoms with Gasteiger partial charge in [0.25, 0.3) is 0 Å². The molecule has 0 aromatic carbocycles. The normalized spacial score (nSPS) is 53.4. The van der Waals surface area contributed by atoms with E-state index >= 15 is 0 Å². The average molecular weight is 141 g/mol. The van der Waals surface area contributed by atoms with Crippen molar-refractivity contribution in [2.75, 3.05) is 6.61 Å². The van der Waals surface area contributed by atoms with Crippen molar-refractivity contribution in [2.45, 2.75) is 43.7 Å². The van der Waals surface area contributed by atoms with Crippen LogP contribution in [0.3, 0.4) is 0 Å². The van der Waals surface area contributed by atoms with E-state index in [9.17, 15) is 0 Å². The summed E-state index contributed by atoms with van der Waals surface area (Å²) in [5.74, 6) is 0. The zero-order valence-electron chi connectivity index (χ0n) is 6.52. The van der Waals surface area contributed by atoms with Crippen LogP contribution in [0.4, 0.5) is 0 Å². The third kappa shape index (κ3) is 0.611. The molecule has 10 heavy (non-hydrogen) atoms. The Kier molecular flexibility index (Phi) is 1.15. The fraction of sp³-hybridized carbons (Fsp3) is 1.00. The molecular formula is C8H15NO. The van der Waals surface area contributed by atoms with E-state index in [0.29, 0.717) is 0 Å². The van der Waals surface area contributed by atoms with Crippen molar-refractivity contribution in [1.82, 2.24) is 0 Å². The van der Waals surface area contributed by atoms with E-state index < -0.39 is 0 Å². The average Bonchev–Trinajstić information content (AvgIpc) is 2.20. The summed E-state index contributed by atoms with van der Waals surface area (Å²) < 4.78 is 5.64. The lowest BCUT2D eigenvalue weighted by Crippen LogP contribution is -2.51. The predicted octanol–water partition coefficient (Wildman–Crippen LogP) is 1.05. The predicted molar refractivity (Wildman–Crippen MR) is 39.7 cm³/mol. The number of ether oxygens (including phenoxy) is 1. The van der Waals surface area contributed by atoms with Crippen LogP contribution in [0.25, 0.3) is 0 Å². The van der Waals surface area contributed by atoms with Crippen LogP contribution < -0.4 is 5.73 Å². The van der Waals surface area contributed by atoms with Gasteiger partial charge in [-0.1, -0.05) is 0 Å². The Morgan fingerprint density at radius 3 is 2.80 bits per heavy atom. The van der Waals surface area contributed by atoms with Crippen LogP contribution in [0.1, 0.15) is 32.6 Å². The van der Waals surface area contributed by atoms with Crippen LogP contribution in [0, 0.1) is 0 Å². The van der Waals surface area contributed by atoms with Crippen molar-refractivity contribution in [3.05, 3.63) is 0 Å². The minimum atomic E-state index is 0.0208. The van der Waals surface area contributed by atoms with E-state index in [1.807, 2.05) is 0 Å². The third-order valence-electron chi connectivity index (χ3n) is 3.30. The Hall–Kier alpha value is -0.0800. The summed E-state index contributed by atoms with van der Waals surface area (Å²) in [6, 6.07) is 0. The van der Waals surface area contributed by atoms with Crippen LogP contribution in [-0.4, -0.2) is 17.7 Å². The largest absolute Gasteiger partial charge is 0.373 e. The summed E-state index contributed by atoms with van der Waals surface area (Å²) in [4.78, 5) is 0. The molecule has 0 amide bonds. The summed E-state index contributed by atoms with van der Waals surface area (Å²) in [7, 11) is 0. The molecule has 0 bridgehead atoms. The zero-order valence-corrected chi connectivity index (χ0v) is 6.52. The van der Waals surface area contributed by atoms with E-state index in [0.717, 1.165) is 25.9 Å². The lowest BCUT2D eigenvalue weighted by molar-refractivity contribution is -0.000174. The molecule has 1 aliphatic carbocycles. The summed E-state index contributed by atoms with van der Waals surface area (Å²) in [5, 5.41) is 0. The zero-order chi connectivity index (χ0) is 7.24. The molecule has 1 aliphatic heterocycles. The van der Waals surface area contributed by atoms with Crippen LogP contribution in [0.15, 0.2) is 0 Å². The molecule has 0 spiro atoms. The van der Waals surface area contributed by atoms with Gasteiger partial charge in [-0.15, -0.1) is 0 Å². The van der Waals surface area contributed by atoms with Gasteiger partial charge in [0.05, 0.1) is 5.60 Å². The lowest BCUT2D eigenvalue weighted by Gasteiger charge is -2.32. The van der Waals surface area contributed by atoms with Gasteiger partial charge >= 0.3 is 0 Å². The van der Waals surface area contributed by atoms with Gasteiger partial charge in [0.1, 0.15) is 0 Å². The quantitative estimate of drug-likeness (QED) is 0.547. The van der Waals surface area contributed by atoms with Gasteiger partial charge in [0.15, 0.2) is 0 Å². The van der Waals surface area contributed by atoms with Crippen LogP contribution >= 0.6 is 0 Å². The highest BCUT2D eigenvalue weighted by Gasteiger charge is 2.53. The Morgan fingerprint density at radius 1 is 1.30 bits per heavy atom. The second-order valence-electron chi connectivity index (χ2n) is 3.84. The lowest BCUT2D eigenvalue weighted by atomic mass is 9.85. The molecule has 2 fully saturated rings. The number of fused-ring (bicyclic) bond motifs is 1. The van der Waals surface area contributed by atoms with Crippen LogP contribution in [0.5, 0.6) is 0 Å². The molecule has 0 radical (unpaired) electrons. The number of nitrogens with two attached hydrogens (primary N) is 1. The number of rotatable bonds is 0. The maximum atomic E-state index is 6.17. The molecule has 58 valence electrons. The molecule has 2 unspecified atom stereocenters. The molecule has 0 aromatic rings. The molecule has 1 heterocycles. The van der Waals surface area contributed by atoms with E-state index in [4.69, 9.17) is 10.5 Å². The SMILES string of the molecule is CC12CCCC1(N)CCO2. The first-order valence-electron chi connectivity index (χ1n) is 4.09. The van der Waals surface area contributed by atoms with E-state index in [-0.39, 0.29) is 11.1 Å². The topological polar surface area (TPSA) is 35.2 Å². The van der Waals surface area contributed by atoms with Gasteiger partial charge in [-0.25, -0.2) is 0 Å². The van der Waals surface area contributed by atoms with Crippen molar-refractivity contribution in [1.29, 1.82) is 0 Å². The monoisotopic (exact) mass is 141 g/mol. The molecule has 1 saturated carbocycles. The minimum absolute atomic E-state index is 0.0208. The second kappa shape index (κ2) is 1.74. The van der Waals surface area contributed by atoms with E-state index in [1.165, 1.54) is 6.42 Å². The smallest absolute Gasteiger partial charge is 0.0833 e. The van der Waals surface area contributed by atoms with Gasteiger partial charge in [-0.3, -0.25) is 0 Å². The summed E-state index contributed by atoms with van der Waals surface area (Å²) in [6.45, 7) is 3.03. The maximum absolute atomic E-state index is 6.17. The standard InChI is InChI=1S/C8H15NO/c1-7-3-2-4-8(7,9)5-6-10-7/h2-6,9H2,1H3. The van der Waals surface area contributed by atoms with Gasteiger partial charge in [-0.2, -0.15) is 0 Å². The summed E-state index contributed by atoms with van der Waals surface area (Å²) in [6.07, 6.45) is 4.61. The molecule has 2 heteroatoms. The van der Waals surface area contributed by atoms with E-state index in [1.54, 1.807) is 0 Å². The molecule has 0 aromatic heterocycles. The van der Waals surface area contributed by atoms with Crippen molar-refractivity contribution in [3.8, 4) is 0 Å². The fourth-order valence-corrected chi connectivity index (χ4v) is 2.32. The molecule has 2 rings (SSSR count). The third-order valence-corrected chi connectivity index (χ3v) is 3.30. The summed E-state index contributed by atoms with van der Waals surface area (Å²) in [5.41, 5.74) is 6.22. The maximum Gasteiger partial charge on any atom is 0.0833 e. The number of hydrogen-bond acceptors (Lipinski definition) is 2. The Morgan fingerprint density at radius 2 is 2.10 bits per heavy atom. The second-order valence-corrected chi connectivity index (χ2v) is 3.84. The first kappa shape index (κ1) is 6.62. The van der Waals surface area contributed by atoms with Crippen molar-refractivity contribution in [3.63, 3.8) is 0 Å². The van der Waals surface area contributed by atoms with E-state index in [2.05, 4.69) is 6.92 Å². The van der Waals surface area contributed by atoms with Crippen LogP contribution in [-0.2, 0) is 4.74 Å². The highest BCUT2D eigenvalue weighted by molar-refractivity contribution is 5.10. The molecule has 1 saturated heterocycles. The van der Waals surface area contributed by atoms with Gasteiger partial charge in [-0.05, 0) is 32.6 Å². The summed E-state index contributed by atoms with van der Waals surface area (Å²) >= 11 is 0. The van der Waals surface area contributed by atoms with Crippen molar-refractivity contribution < 1.29 is 4.74 Å². The first-order chi connectivity index (χ1) is 4.66. The number of hydrogen-bond donors (Lipinski definition) is 1. The first-order valence-corrected chi connectivity index (χ1v) is 4.09. The highest BCUT2D eigenvalue weighted by Crippen LogP contribution is 2.46. The van der Waals surface area contributed by atoms with Gasteiger partial charge in [0, 0.05) is 12.1 Å². The molecule has 2 atom stereocenters. The fourth-order valence-electron chi connectivity index (χ4n) is 2.32. The highest BCUT2D eigenvalue weighted by atomic mass is 16.5. The minimum Gasteiger partial charge on any atom is -0.373 e. The molecular weight excluding hydrogens is 126 g/mol. The van der Waals surface area contributed by atoms with Crippen molar-refractivity contribution in [2.24, 2.45) is 5.73 Å². The Bertz CT molecular complexity index is 129. The molecule has 2 N–H and O–H groups in total. The Labute approximate surface area is 61.7 Å². The Balaban J connectivity index is 2.30. The van der Waals surface area contributed by atoms with Crippen LogP contribution in [0.2, 0.25) is 0 Å². The van der Waals surface area contributed by atoms with Crippen molar-refractivity contribution >= 4 is 0 Å². The molecule has 2 aliphatic rings.